The van der Waals surface area contributed by atoms with E-state index < -0.39 is 0 Å². The molecule has 1 amide bonds. The quantitative estimate of drug-likeness (QED) is 0.770. The maximum atomic E-state index is 12.2. The number of thioether (sulfide) groups is 1. The molecular weight excluding hydrogens is 234 g/mol. The lowest BCUT2D eigenvalue weighted by atomic mass is 10.3. The van der Waals surface area contributed by atoms with Gasteiger partial charge in [-0.25, -0.2) is 0 Å². The van der Waals surface area contributed by atoms with Crippen molar-refractivity contribution < 1.29 is 9.53 Å². The molecule has 1 heterocycles. The normalized spacial score (nSPS) is 17.8. The summed E-state index contributed by atoms with van der Waals surface area (Å²) in [5.41, 5.74) is 0. The SMILES string of the molecule is CC(Sc1ccccc1)C(=O)N1CCOCC1. The Morgan fingerprint density at radius 1 is 1.29 bits per heavy atom. The van der Waals surface area contributed by atoms with Crippen LogP contribution in [0.5, 0.6) is 0 Å². The van der Waals surface area contributed by atoms with E-state index in [4.69, 9.17) is 4.74 Å². The summed E-state index contributed by atoms with van der Waals surface area (Å²) in [6.07, 6.45) is 0. The predicted octanol–water partition coefficient (Wildman–Crippen LogP) is 2.03. The minimum Gasteiger partial charge on any atom is -0.378 e. The first-order chi connectivity index (χ1) is 8.27. The van der Waals surface area contributed by atoms with Crippen LogP contribution in [0.1, 0.15) is 6.92 Å². The molecule has 1 aromatic rings. The minimum absolute atomic E-state index is 0.0319. The van der Waals surface area contributed by atoms with Gasteiger partial charge in [0.1, 0.15) is 0 Å². The Morgan fingerprint density at radius 2 is 1.94 bits per heavy atom. The first kappa shape index (κ1) is 12.5. The number of morpholine rings is 1. The van der Waals surface area contributed by atoms with E-state index >= 15 is 0 Å². The van der Waals surface area contributed by atoms with E-state index in [2.05, 4.69) is 0 Å². The van der Waals surface area contributed by atoms with E-state index in [9.17, 15) is 4.79 Å². The molecule has 1 aromatic carbocycles. The van der Waals surface area contributed by atoms with Crippen LogP contribution in [0, 0.1) is 0 Å². The number of hydrogen-bond acceptors (Lipinski definition) is 3. The van der Waals surface area contributed by atoms with Gasteiger partial charge in [-0.3, -0.25) is 4.79 Å². The Labute approximate surface area is 106 Å². The summed E-state index contributed by atoms with van der Waals surface area (Å²) in [5.74, 6) is 0.210. The molecule has 1 unspecified atom stereocenters. The first-order valence-corrected chi connectivity index (χ1v) is 6.73. The monoisotopic (exact) mass is 251 g/mol. The maximum absolute atomic E-state index is 12.2. The molecule has 0 aromatic heterocycles. The molecule has 0 bridgehead atoms. The summed E-state index contributed by atoms with van der Waals surface area (Å²) in [5, 5.41) is -0.0319. The Balaban J connectivity index is 1.90. The van der Waals surface area contributed by atoms with Crippen molar-refractivity contribution in [3.05, 3.63) is 30.3 Å². The van der Waals surface area contributed by atoms with Gasteiger partial charge >= 0.3 is 0 Å². The summed E-state index contributed by atoms with van der Waals surface area (Å²) in [6.45, 7) is 4.73. The molecule has 92 valence electrons. The van der Waals surface area contributed by atoms with Gasteiger partial charge in [-0.15, -0.1) is 11.8 Å². The lowest BCUT2D eigenvalue weighted by Crippen LogP contribution is -2.44. The Bertz CT molecular complexity index is 363. The lowest BCUT2D eigenvalue weighted by molar-refractivity contribution is -0.134. The van der Waals surface area contributed by atoms with Crippen molar-refractivity contribution in [1.29, 1.82) is 0 Å². The lowest BCUT2D eigenvalue weighted by Gasteiger charge is -2.29. The second kappa shape index (κ2) is 6.07. The first-order valence-electron chi connectivity index (χ1n) is 5.85. The zero-order valence-corrected chi connectivity index (χ0v) is 10.8. The Kier molecular flexibility index (Phi) is 4.45. The van der Waals surface area contributed by atoms with Gasteiger partial charge in [0.25, 0.3) is 0 Å². The molecule has 3 nitrogen and oxygen atoms in total. The van der Waals surface area contributed by atoms with Crippen molar-refractivity contribution in [1.82, 2.24) is 4.90 Å². The Hall–Kier alpha value is -1.00. The van der Waals surface area contributed by atoms with Crippen LogP contribution in [-0.2, 0) is 9.53 Å². The van der Waals surface area contributed by atoms with Crippen LogP contribution < -0.4 is 0 Å². The van der Waals surface area contributed by atoms with Crippen molar-refractivity contribution in [2.45, 2.75) is 17.1 Å². The van der Waals surface area contributed by atoms with Crippen LogP contribution in [0.2, 0.25) is 0 Å². The molecule has 0 spiro atoms. The van der Waals surface area contributed by atoms with Crippen molar-refractivity contribution in [2.24, 2.45) is 0 Å². The molecule has 1 saturated heterocycles. The average molecular weight is 251 g/mol. The number of nitrogens with zero attached hydrogens (tertiary/aromatic N) is 1. The second-order valence-corrected chi connectivity index (χ2v) is 5.43. The molecular formula is C13H17NO2S. The third-order valence-electron chi connectivity index (χ3n) is 2.73. The van der Waals surface area contributed by atoms with Gasteiger partial charge in [-0.05, 0) is 19.1 Å². The molecule has 1 atom stereocenters. The number of rotatable bonds is 3. The van der Waals surface area contributed by atoms with Crippen LogP contribution >= 0.6 is 11.8 Å². The van der Waals surface area contributed by atoms with Crippen LogP contribution in [-0.4, -0.2) is 42.4 Å². The highest BCUT2D eigenvalue weighted by Gasteiger charge is 2.22. The predicted molar refractivity (Wildman–Crippen MR) is 69.2 cm³/mol. The number of amides is 1. The van der Waals surface area contributed by atoms with E-state index in [1.807, 2.05) is 42.2 Å². The van der Waals surface area contributed by atoms with Gasteiger partial charge in [0.15, 0.2) is 0 Å². The second-order valence-electron chi connectivity index (χ2n) is 4.01. The Morgan fingerprint density at radius 3 is 2.59 bits per heavy atom. The van der Waals surface area contributed by atoms with E-state index in [0.29, 0.717) is 13.2 Å². The van der Waals surface area contributed by atoms with Crippen molar-refractivity contribution >= 4 is 17.7 Å². The summed E-state index contributed by atoms with van der Waals surface area (Å²) in [6, 6.07) is 10.0. The highest BCUT2D eigenvalue weighted by atomic mass is 32.2. The van der Waals surface area contributed by atoms with Crippen molar-refractivity contribution in [3.63, 3.8) is 0 Å². The van der Waals surface area contributed by atoms with Gasteiger partial charge in [0.2, 0.25) is 5.91 Å². The molecule has 0 radical (unpaired) electrons. The van der Waals surface area contributed by atoms with E-state index in [1.54, 1.807) is 11.8 Å². The maximum Gasteiger partial charge on any atom is 0.235 e. The molecule has 2 rings (SSSR count). The van der Waals surface area contributed by atoms with Crippen molar-refractivity contribution in [2.75, 3.05) is 26.3 Å². The largest absolute Gasteiger partial charge is 0.378 e. The van der Waals surface area contributed by atoms with Crippen LogP contribution in [0.25, 0.3) is 0 Å². The smallest absolute Gasteiger partial charge is 0.235 e. The molecule has 17 heavy (non-hydrogen) atoms. The standard InChI is InChI=1S/C13H17NO2S/c1-11(17-12-5-3-2-4-6-12)13(15)14-7-9-16-10-8-14/h2-6,11H,7-10H2,1H3. The summed E-state index contributed by atoms with van der Waals surface area (Å²) < 4.78 is 5.25. The fourth-order valence-corrected chi connectivity index (χ4v) is 2.77. The topological polar surface area (TPSA) is 29.5 Å². The fraction of sp³-hybridized carbons (Fsp3) is 0.462. The highest BCUT2D eigenvalue weighted by molar-refractivity contribution is 8.00. The molecule has 1 aliphatic rings. The number of benzene rings is 1. The van der Waals surface area contributed by atoms with Gasteiger partial charge in [-0.2, -0.15) is 0 Å². The fourth-order valence-electron chi connectivity index (χ4n) is 1.79. The third-order valence-corrected chi connectivity index (χ3v) is 3.83. The van der Waals surface area contributed by atoms with E-state index in [-0.39, 0.29) is 11.2 Å². The number of hydrogen-bond donors (Lipinski definition) is 0. The number of carbonyl (C=O) groups is 1. The number of carbonyl (C=O) groups excluding carboxylic acids is 1. The van der Waals surface area contributed by atoms with Gasteiger partial charge in [0, 0.05) is 18.0 Å². The third kappa shape index (κ3) is 3.48. The van der Waals surface area contributed by atoms with Gasteiger partial charge in [-0.1, -0.05) is 18.2 Å². The van der Waals surface area contributed by atoms with Crippen LogP contribution in [0.3, 0.4) is 0 Å². The average Bonchev–Trinajstić information content (AvgIpc) is 2.40. The van der Waals surface area contributed by atoms with Crippen LogP contribution in [0.15, 0.2) is 35.2 Å². The highest BCUT2D eigenvalue weighted by Crippen LogP contribution is 2.24. The molecule has 0 saturated carbocycles. The van der Waals surface area contributed by atoms with Gasteiger partial charge in [0.05, 0.1) is 18.5 Å². The van der Waals surface area contributed by atoms with Crippen LogP contribution in [0.4, 0.5) is 0 Å². The van der Waals surface area contributed by atoms with E-state index in [0.717, 1.165) is 18.0 Å². The number of ether oxygens (including phenoxy) is 1. The zero-order valence-electron chi connectivity index (χ0n) is 9.96. The van der Waals surface area contributed by atoms with Gasteiger partial charge < -0.3 is 9.64 Å². The molecule has 4 heteroatoms. The summed E-state index contributed by atoms with van der Waals surface area (Å²) >= 11 is 1.61. The zero-order chi connectivity index (χ0) is 12.1. The molecule has 1 aliphatic heterocycles. The van der Waals surface area contributed by atoms with E-state index in [1.165, 1.54) is 0 Å². The summed E-state index contributed by atoms with van der Waals surface area (Å²) in [4.78, 5) is 15.2. The minimum atomic E-state index is -0.0319. The summed E-state index contributed by atoms with van der Waals surface area (Å²) in [7, 11) is 0. The molecule has 1 fully saturated rings. The van der Waals surface area contributed by atoms with Crippen molar-refractivity contribution in [3.8, 4) is 0 Å². The molecule has 0 N–H and O–H groups in total. The molecule has 0 aliphatic carbocycles.